The van der Waals surface area contributed by atoms with Gasteiger partial charge in [0.15, 0.2) is 16.6 Å². The van der Waals surface area contributed by atoms with Gasteiger partial charge >= 0.3 is 0 Å². The van der Waals surface area contributed by atoms with Crippen molar-refractivity contribution in [2.24, 2.45) is 0 Å². The fourth-order valence-corrected chi connectivity index (χ4v) is 4.95. The molecule has 1 aliphatic rings. The van der Waals surface area contributed by atoms with Crippen LogP contribution in [-0.4, -0.2) is 56.0 Å². The van der Waals surface area contributed by atoms with Gasteiger partial charge in [-0.1, -0.05) is 12.1 Å². The largest absolute Gasteiger partial charge is 0.493 e. The first-order chi connectivity index (χ1) is 16.4. The number of aromatic amines is 1. The van der Waals surface area contributed by atoms with Crippen LogP contribution < -0.4 is 20.3 Å². The first kappa shape index (κ1) is 24.0. The summed E-state index contributed by atoms with van der Waals surface area (Å²) in [7, 11) is 4.90. The molecule has 1 aliphatic heterocycles. The van der Waals surface area contributed by atoms with E-state index in [1.165, 1.54) is 0 Å². The van der Waals surface area contributed by atoms with Crippen LogP contribution in [0, 0.1) is 13.8 Å². The van der Waals surface area contributed by atoms with Crippen LogP contribution in [0.2, 0.25) is 0 Å². The number of hydrogen-bond donors (Lipinski definition) is 2. The normalized spacial score (nSPS) is 15.2. The molecule has 1 atom stereocenters. The van der Waals surface area contributed by atoms with Crippen LogP contribution in [0.15, 0.2) is 35.1 Å². The van der Waals surface area contributed by atoms with Crippen LogP contribution in [0.25, 0.3) is 10.9 Å². The molecule has 2 N–H and O–H groups in total. The molecule has 0 fully saturated rings. The second kappa shape index (κ2) is 10.0. The van der Waals surface area contributed by atoms with Crippen molar-refractivity contribution in [1.29, 1.82) is 0 Å². The van der Waals surface area contributed by atoms with Crippen molar-refractivity contribution in [1.82, 2.24) is 15.2 Å². The number of pyridine rings is 1. The Labute approximate surface area is 205 Å². The Morgan fingerprint density at radius 2 is 1.79 bits per heavy atom. The fourth-order valence-electron chi connectivity index (χ4n) is 4.66. The molecule has 180 valence electrons. The second-order valence-electron chi connectivity index (χ2n) is 8.52. The summed E-state index contributed by atoms with van der Waals surface area (Å²) in [5.41, 5.74) is 5.62. The minimum absolute atomic E-state index is 0.126. The number of ether oxygens (including phenoxy) is 3. The highest BCUT2D eigenvalue weighted by molar-refractivity contribution is 7.80. The van der Waals surface area contributed by atoms with Crippen molar-refractivity contribution in [2.45, 2.75) is 26.3 Å². The first-order valence-electron chi connectivity index (χ1n) is 11.3. The molecule has 1 unspecified atom stereocenters. The van der Waals surface area contributed by atoms with Gasteiger partial charge in [-0.2, -0.15) is 0 Å². The molecule has 2 heterocycles. The van der Waals surface area contributed by atoms with Gasteiger partial charge in [-0.25, -0.2) is 0 Å². The minimum Gasteiger partial charge on any atom is -0.493 e. The number of benzene rings is 2. The molecular weight excluding hydrogens is 450 g/mol. The van der Waals surface area contributed by atoms with Crippen LogP contribution in [0.5, 0.6) is 11.5 Å². The molecule has 7 nitrogen and oxygen atoms in total. The molecule has 0 bridgehead atoms. The lowest BCUT2D eigenvalue weighted by molar-refractivity contribution is 0.202. The monoisotopic (exact) mass is 481 g/mol. The maximum absolute atomic E-state index is 13.5. The van der Waals surface area contributed by atoms with E-state index >= 15 is 0 Å². The third-order valence-electron chi connectivity index (χ3n) is 6.48. The van der Waals surface area contributed by atoms with Gasteiger partial charge in [0.2, 0.25) is 0 Å². The number of aryl methyl sites for hydroxylation is 2. The van der Waals surface area contributed by atoms with Crippen molar-refractivity contribution < 1.29 is 14.2 Å². The number of thiocarbonyl (C=S) groups is 1. The minimum atomic E-state index is -0.376. The van der Waals surface area contributed by atoms with Crippen LogP contribution in [0.3, 0.4) is 0 Å². The van der Waals surface area contributed by atoms with Crippen molar-refractivity contribution in [3.8, 4) is 11.5 Å². The molecular formula is C26H31N3O4S. The highest BCUT2D eigenvalue weighted by Gasteiger charge is 2.34. The van der Waals surface area contributed by atoms with Gasteiger partial charge in [-0.05, 0) is 72.9 Å². The van der Waals surface area contributed by atoms with E-state index < -0.39 is 0 Å². The van der Waals surface area contributed by atoms with Crippen LogP contribution in [0.4, 0.5) is 0 Å². The van der Waals surface area contributed by atoms with Crippen LogP contribution in [-0.2, 0) is 11.2 Å². The van der Waals surface area contributed by atoms with Gasteiger partial charge in [-0.3, -0.25) is 4.79 Å². The highest BCUT2D eigenvalue weighted by atomic mass is 32.1. The average molecular weight is 482 g/mol. The van der Waals surface area contributed by atoms with Gasteiger partial charge in [-0.15, -0.1) is 0 Å². The second-order valence-corrected chi connectivity index (χ2v) is 8.91. The molecule has 0 saturated carbocycles. The molecule has 3 aromatic rings. The van der Waals surface area contributed by atoms with E-state index in [0.29, 0.717) is 41.9 Å². The molecule has 8 heteroatoms. The van der Waals surface area contributed by atoms with E-state index in [2.05, 4.69) is 28.2 Å². The van der Waals surface area contributed by atoms with Crippen LogP contribution in [0.1, 0.15) is 33.9 Å². The summed E-state index contributed by atoms with van der Waals surface area (Å²) >= 11 is 5.78. The summed E-state index contributed by atoms with van der Waals surface area (Å²) in [4.78, 5) is 18.7. The number of aromatic nitrogens is 1. The number of rotatable bonds is 6. The van der Waals surface area contributed by atoms with E-state index in [9.17, 15) is 4.79 Å². The lowest BCUT2D eigenvalue weighted by atomic mass is 9.87. The number of nitrogens with one attached hydrogen (secondary N) is 2. The van der Waals surface area contributed by atoms with E-state index in [0.717, 1.165) is 39.6 Å². The van der Waals surface area contributed by atoms with Gasteiger partial charge in [0.25, 0.3) is 5.56 Å². The molecule has 0 saturated heterocycles. The topological polar surface area (TPSA) is 75.8 Å². The molecule has 2 aromatic carbocycles. The Morgan fingerprint density at radius 1 is 1.09 bits per heavy atom. The smallest absolute Gasteiger partial charge is 0.254 e. The van der Waals surface area contributed by atoms with Crippen molar-refractivity contribution >= 4 is 28.2 Å². The SMILES string of the molecule is COCCNC(=S)N1CCc2cc(OC)c(OC)cc2C1c1cc2c(C)ccc(C)c2[nH]c1=O. The molecule has 1 aromatic heterocycles. The number of H-pyrrole nitrogens is 1. The quantitative estimate of drug-likeness (QED) is 0.411. The predicted molar refractivity (Wildman–Crippen MR) is 138 cm³/mol. The maximum Gasteiger partial charge on any atom is 0.254 e. The summed E-state index contributed by atoms with van der Waals surface area (Å²) in [6.45, 7) is 5.85. The van der Waals surface area contributed by atoms with Crippen LogP contribution >= 0.6 is 12.2 Å². The van der Waals surface area contributed by atoms with E-state index in [1.54, 1.807) is 21.3 Å². The summed E-state index contributed by atoms with van der Waals surface area (Å²) in [5.74, 6) is 1.30. The van der Waals surface area contributed by atoms with Gasteiger partial charge in [0.05, 0.1) is 32.4 Å². The molecule has 0 aliphatic carbocycles. The average Bonchev–Trinajstić information content (AvgIpc) is 2.84. The third-order valence-corrected chi connectivity index (χ3v) is 6.86. The number of nitrogens with zero attached hydrogens (tertiary/aromatic N) is 1. The van der Waals surface area contributed by atoms with E-state index in [1.807, 2.05) is 31.2 Å². The zero-order valence-electron chi connectivity index (χ0n) is 20.3. The fraction of sp³-hybridized carbons (Fsp3) is 0.385. The summed E-state index contributed by atoms with van der Waals surface area (Å²) in [6, 6.07) is 9.72. The zero-order chi connectivity index (χ0) is 24.4. The predicted octanol–water partition coefficient (Wildman–Crippen LogP) is 3.63. The van der Waals surface area contributed by atoms with Gasteiger partial charge in [0.1, 0.15) is 0 Å². The van der Waals surface area contributed by atoms with E-state index in [4.69, 9.17) is 26.4 Å². The zero-order valence-corrected chi connectivity index (χ0v) is 21.1. The number of fused-ring (bicyclic) bond motifs is 2. The highest BCUT2D eigenvalue weighted by Crippen LogP contribution is 2.40. The number of hydrogen-bond acceptors (Lipinski definition) is 5. The van der Waals surface area contributed by atoms with E-state index in [-0.39, 0.29) is 11.6 Å². The standard InChI is InChI=1S/C26H31N3O4S/c1-15-6-7-16(2)23-18(15)13-20(25(30)28-23)24-19-14-22(33-5)21(32-4)12-17(19)8-10-29(24)26(34)27-9-11-31-3/h6-7,12-14,24H,8-11H2,1-5H3,(H,27,34)(H,28,30). The van der Waals surface area contributed by atoms with Gasteiger partial charge in [0, 0.05) is 31.1 Å². The van der Waals surface area contributed by atoms with Crippen molar-refractivity contribution in [2.75, 3.05) is 41.0 Å². The Morgan fingerprint density at radius 3 is 2.50 bits per heavy atom. The van der Waals surface area contributed by atoms with Crippen molar-refractivity contribution in [3.05, 3.63) is 68.5 Å². The molecule has 4 rings (SSSR count). The van der Waals surface area contributed by atoms with Crippen molar-refractivity contribution in [3.63, 3.8) is 0 Å². The lowest BCUT2D eigenvalue weighted by Crippen LogP contribution is -2.47. The molecule has 0 radical (unpaired) electrons. The Hall–Kier alpha value is -3.10. The summed E-state index contributed by atoms with van der Waals surface area (Å²) < 4.78 is 16.3. The Kier molecular flexibility index (Phi) is 7.09. The first-order valence-corrected chi connectivity index (χ1v) is 11.7. The molecule has 34 heavy (non-hydrogen) atoms. The third kappa shape index (κ3) is 4.35. The Bertz CT molecular complexity index is 1290. The molecule has 0 amide bonds. The number of methoxy groups -OCH3 is 3. The lowest BCUT2D eigenvalue weighted by Gasteiger charge is -2.39. The Balaban J connectivity index is 1.92. The van der Waals surface area contributed by atoms with Gasteiger partial charge < -0.3 is 29.4 Å². The molecule has 0 spiro atoms. The summed E-state index contributed by atoms with van der Waals surface area (Å²) in [5, 5.41) is 4.89. The maximum atomic E-state index is 13.5. The summed E-state index contributed by atoms with van der Waals surface area (Å²) in [6.07, 6.45) is 0.766.